The van der Waals surface area contributed by atoms with Crippen LogP contribution in [0, 0.1) is 0 Å². The average molecular weight is 234 g/mol. The summed E-state index contributed by atoms with van der Waals surface area (Å²) in [6, 6.07) is 0. The van der Waals surface area contributed by atoms with Crippen LogP contribution >= 0.6 is 0 Å². The molecule has 0 aliphatic heterocycles. The fourth-order valence-electron chi connectivity index (χ4n) is 1.02. The molecule has 0 aromatic rings. The van der Waals surface area contributed by atoms with Crippen LogP contribution in [0.4, 0.5) is 0 Å². The first-order chi connectivity index (χ1) is 5.77. The van der Waals surface area contributed by atoms with Crippen LogP contribution in [-0.4, -0.2) is 66.4 Å². The first-order valence-corrected chi connectivity index (χ1v) is 5.64. The van der Waals surface area contributed by atoms with E-state index in [9.17, 15) is 8.42 Å². The molecule has 0 unspecified atom stereocenters. The van der Waals surface area contributed by atoms with Gasteiger partial charge in [0.1, 0.15) is 0 Å². The normalized spacial score (nSPS) is 10.0. The van der Waals surface area contributed by atoms with Crippen LogP contribution in [0.1, 0.15) is 45.4 Å². The quantitative estimate of drug-likeness (QED) is 0.390. The van der Waals surface area contributed by atoms with Crippen LogP contribution in [0.2, 0.25) is 0 Å². The van der Waals surface area contributed by atoms with Gasteiger partial charge in [0.05, 0.1) is 6.61 Å². The van der Waals surface area contributed by atoms with E-state index in [2.05, 4.69) is 11.1 Å². The summed E-state index contributed by atoms with van der Waals surface area (Å²) in [5.74, 6) is 0. The van der Waals surface area contributed by atoms with Gasteiger partial charge in [-0.25, -0.2) is 8.42 Å². The monoisotopic (exact) mass is 234 g/mol. The zero-order valence-corrected chi connectivity index (χ0v) is 8.52. The van der Waals surface area contributed by atoms with Crippen LogP contribution in [0.3, 0.4) is 0 Å². The van der Waals surface area contributed by atoms with E-state index in [0.29, 0.717) is 6.61 Å². The molecule has 5 heteroatoms. The van der Waals surface area contributed by atoms with Crippen molar-refractivity contribution < 1.29 is 12.6 Å². The second kappa shape index (κ2) is 13.5. The topological polar surface area (TPSA) is 43.4 Å². The molecule has 0 spiro atoms. The van der Waals surface area contributed by atoms with Crippen molar-refractivity contribution >= 4 is 62.4 Å². The molecule has 0 aromatic carbocycles. The maximum atomic E-state index is 9.95. The van der Waals surface area contributed by atoms with Gasteiger partial charge in [0, 0.05) is 0 Å². The summed E-state index contributed by atoms with van der Waals surface area (Å²) in [7, 11) is -2.63. The summed E-state index contributed by atoms with van der Waals surface area (Å²) in [5, 5.41) is 0. The number of rotatable bonds is 8. The SMILES string of the molecule is CCCCCCCCO[SH](=O)=O.[KH]. The molecule has 0 saturated heterocycles. The molecule has 0 aromatic heterocycles. The Hall–Kier alpha value is 1.55. The molecule has 0 N–H and O–H groups in total. The van der Waals surface area contributed by atoms with E-state index < -0.39 is 11.0 Å². The number of hydrogen-bond donors (Lipinski definition) is 1. The van der Waals surface area contributed by atoms with E-state index in [1.807, 2.05) is 0 Å². The van der Waals surface area contributed by atoms with Gasteiger partial charge in [-0.3, -0.25) is 4.18 Å². The zero-order valence-electron chi connectivity index (χ0n) is 7.62. The number of hydrogen-bond acceptors (Lipinski definition) is 3. The van der Waals surface area contributed by atoms with E-state index in [4.69, 9.17) is 0 Å². The van der Waals surface area contributed by atoms with Crippen molar-refractivity contribution in [1.82, 2.24) is 0 Å². The van der Waals surface area contributed by atoms with Crippen LogP contribution in [0.15, 0.2) is 0 Å². The molecule has 0 radical (unpaired) electrons. The van der Waals surface area contributed by atoms with Crippen molar-refractivity contribution in [2.75, 3.05) is 6.61 Å². The third-order valence-electron chi connectivity index (χ3n) is 1.69. The second-order valence-electron chi connectivity index (χ2n) is 2.82. The van der Waals surface area contributed by atoms with Crippen LogP contribution in [0.25, 0.3) is 0 Å². The van der Waals surface area contributed by atoms with Crippen molar-refractivity contribution in [2.45, 2.75) is 45.4 Å². The molecule has 0 amide bonds. The summed E-state index contributed by atoms with van der Waals surface area (Å²) in [6.07, 6.45) is 6.88. The first kappa shape index (κ1) is 17.0. The maximum absolute atomic E-state index is 9.95. The Labute approximate surface area is 125 Å². The molecule has 0 saturated carbocycles. The van der Waals surface area contributed by atoms with Gasteiger partial charge in [-0.15, -0.1) is 0 Å². The van der Waals surface area contributed by atoms with Crippen LogP contribution < -0.4 is 0 Å². The van der Waals surface area contributed by atoms with Crippen molar-refractivity contribution in [1.29, 1.82) is 0 Å². The molecule has 0 rings (SSSR count). The predicted octanol–water partition coefficient (Wildman–Crippen LogP) is 1.24. The number of thiol groups is 1. The van der Waals surface area contributed by atoms with Gasteiger partial charge < -0.3 is 0 Å². The molecule has 13 heavy (non-hydrogen) atoms. The number of unbranched alkanes of at least 4 members (excludes halogenated alkanes) is 5. The van der Waals surface area contributed by atoms with E-state index in [-0.39, 0.29) is 51.4 Å². The van der Waals surface area contributed by atoms with Crippen molar-refractivity contribution in [2.24, 2.45) is 0 Å². The van der Waals surface area contributed by atoms with E-state index in [0.717, 1.165) is 12.8 Å². The van der Waals surface area contributed by atoms with Gasteiger partial charge >= 0.3 is 51.4 Å². The Morgan fingerprint density at radius 3 is 2.08 bits per heavy atom. The molecular formula is C8H19KO3S. The van der Waals surface area contributed by atoms with E-state index >= 15 is 0 Å². The molecular weight excluding hydrogens is 215 g/mol. The molecule has 0 fully saturated rings. The zero-order chi connectivity index (χ0) is 9.23. The molecule has 0 bridgehead atoms. The standard InChI is InChI=1S/C8H18O3S.K.H/c1-2-3-4-5-6-7-8-11-12(9)10;;/h12H,2-8H2,1H3;;. The fourth-order valence-corrected chi connectivity index (χ4v) is 1.30. The molecule has 0 aliphatic rings. The summed E-state index contributed by atoms with van der Waals surface area (Å²) >= 11 is 0. The van der Waals surface area contributed by atoms with Crippen molar-refractivity contribution in [3.8, 4) is 0 Å². The van der Waals surface area contributed by atoms with Gasteiger partial charge in [-0.05, 0) is 6.42 Å². The minimum absolute atomic E-state index is 0. The molecule has 3 nitrogen and oxygen atoms in total. The molecule has 0 aliphatic carbocycles. The van der Waals surface area contributed by atoms with E-state index in [1.165, 1.54) is 25.7 Å². The average Bonchev–Trinajstić information content (AvgIpc) is 2.02. The van der Waals surface area contributed by atoms with Gasteiger partial charge in [-0.2, -0.15) is 0 Å². The van der Waals surface area contributed by atoms with Gasteiger partial charge in [0.15, 0.2) is 0 Å². The Morgan fingerprint density at radius 2 is 1.54 bits per heavy atom. The Bertz CT molecular complexity index is 151. The Kier molecular flexibility index (Phi) is 17.7. The van der Waals surface area contributed by atoms with Crippen molar-refractivity contribution in [3.05, 3.63) is 0 Å². The van der Waals surface area contributed by atoms with Gasteiger partial charge in [0.25, 0.3) is 11.0 Å². The molecule has 76 valence electrons. The Morgan fingerprint density at radius 1 is 1.00 bits per heavy atom. The molecule has 0 heterocycles. The second-order valence-corrected chi connectivity index (χ2v) is 3.53. The van der Waals surface area contributed by atoms with Crippen molar-refractivity contribution in [3.63, 3.8) is 0 Å². The minimum atomic E-state index is -2.63. The van der Waals surface area contributed by atoms with E-state index in [1.54, 1.807) is 0 Å². The van der Waals surface area contributed by atoms with Crippen LogP contribution in [-0.2, 0) is 15.2 Å². The van der Waals surface area contributed by atoms with Crippen LogP contribution in [0.5, 0.6) is 0 Å². The Balaban J connectivity index is 0. The van der Waals surface area contributed by atoms with Gasteiger partial charge in [0.2, 0.25) is 0 Å². The summed E-state index contributed by atoms with van der Waals surface area (Å²) in [6.45, 7) is 2.52. The first-order valence-electron chi connectivity index (χ1n) is 4.54. The summed E-state index contributed by atoms with van der Waals surface area (Å²) in [5.41, 5.74) is 0. The third-order valence-corrected chi connectivity index (χ3v) is 2.09. The third kappa shape index (κ3) is 16.2. The summed E-state index contributed by atoms with van der Waals surface area (Å²) in [4.78, 5) is 0. The van der Waals surface area contributed by atoms with Gasteiger partial charge in [-0.1, -0.05) is 39.0 Å². The molecule has 0 atom stereocenters. The fraction of sp³-hybridized carbons (Fsp3) is 1.00. The predicted molar refractivity (Wildman–Crippen MR) is 56.8 cm³/mol. The summed E-state index contributed by atoms with van der Waals surface area (Å²) < 4.78 is 24.3.